The molecule has 0 spiro atoms. The maximum absolute atomic E-state index is 6.19. The molecule has 2 unspecified atom stereocenters. The summed E-state index contributed by atoms with van der Waals surface area (Å²) < 4.78 is 8.33. The minimum Gasteiger partial charge on any atom is -0.378 e. The van der Waals surface area contributed by atoms with Crippen molar-refractivity contribution >= 4 is 0 Å². The van der Waals surface area contributed by atoms with Gasteiger partial charge < -0.3 is 9.30 Å². The number of rotatable bonds is 6. The Labute approximate surface area is 150 Å². The number of nitrogens with zero attached hydrogens (tertiary/aromatic N) is 3. The Balaban J connectivity index is 1.46. The molecular weight excluding hydrogens is 310 g/mol. The summed E-state index contributed by atoms with van der Waals surface area (Å²) in [5.41, 5.74) is 3.06. The summed E-state index contributed by atoms with van der Waals surface area (Å²) in [5, 5.41) is 0. The average molecular weight is 339 g/mol. The molecule has 0 bridgehead atoms. The van der Waals surface area contributed by atoms with Crippen molar-refractivity contribution in [2.75, 3.05) is 19.7 Å². The zero-order valence-electron chi connectivity index (χ0n) is 15.2. The fraction of sp³-hybridized carbons (Fsp3) is 0.571. The van der Waals surface area contributed by atoms with Crippen LogP contribution >= 0.6 is 0 Å². The van der Waals surface area contributed by atoms with Gasteiger partial charge in [-0.05, 0) is 44.2 Å². The highest BCUT2D eigenvalue weighted by Gasteiger charge is 2.45. The Kier molecular flexibility index (Phi) is 4.91. The lowest BCUT2D eigenvalue weighted by Gasteiger charge is -2.35. The molecule has 1 aromatic heterocycles. The number of hydrogen-bond donors (Lipinski definition) is 0. The third-order valence-electron chi connectivity index (χ3n) is 6.13. The molecule has 4 rings (SSSR count). The van der Waals surface area contributed by atoms with E-state index in [0.717, 1.165) is 26.1 Å². The molecule has 0 radical (unpaired) electrons. The Morgan fingerprint density at radius 2 is 2.16 bits per heavy atom. The molecule has 0 N–H and O–H groups in total. The lowest BCUT2D eigenvalue weighted by molar-refractivity contribution is -0.00190. The molecule has 2 aliphatic rings. The summed E-state index contributed by atoms with van der Waals surface area (Å²) in [7, 11) is 2.08. The van der Waals surface area contributed by atoms with Gasteiger partial charge >= 0.3 is 0 Å². The molecule has 2 aliphatic heterocycles. The van der Waals surface area contributed by atoms with Gasteiger partial charge in [0.1, 0.15) is 0 Å². The van der Waals surface area contributed by atoms with Crippen molar-refractivity contribution in [3.8, 4) is 0 Å². The first-order valence-electron chi connectivity index (χ1n) is 9.58. The van der Waals surface area contributed by atoms with E-state index in [1.165, 1.54) is 43.5 Å². The Hall–Kier alpha value is -1.65. The van der Waals surface area contributed by atoms with E-state index in [-0.39, 0.29) is 0 Å². The Morgan fingerprint density at radius 1 is 1.28 bits per heavy atom. The maximum atomic E-state index is 6.19. The van der Waals surface area contributed by atoms with Crippen LogP contribution in [0.2, 0.25) is 0 Å². The quantitative estimate of drug-likeness (QED) is 0.808. The van der Waals surface area contributed by atoms with Crippen molar-refractivity contribution < 1.29 is 4.74 Å². The molecule has 0 amide bonds. The third-order valence-corrected chi connectivity index (χ3v) is 6.13. The molecule has 4 heteroatoms. The first kappa shape index (κ1) is 16.8. The second-order valence-electron chi connectivity index (χ2n) is 7.81. The van der Waals surface area contributed by atoms with E-state index in [1.807, 2.05) is 12.5 Å². The van der Waals surface area contributed by atoms with Gasteiger partial charge in [-0.15, -0.1) is 0 Å². The van der Waals surface area contributed by atoms with Crippen LogP contribution in [0, 0.1) is 5.41 Å². The average Bonchev–Trinajstić information content (AvgIpc) is 3.37. The van der Waals surface area contributed by atoms with E-state index in [0.29, 0.717) is 11.5 Å². The standard InChI is InChI=1S/C21H29N3O/c1-23-17-22-14-19(23)15-24-12-11-21(16-24,20-8-5-13-25-20)10-9-18-6-3-2-4-7-18/h2-4,6-7,14,17,20H,5,8-13,15-16H2,1H3. The zero-order chi connectivity index (χ0) is 17.1. The minimum absolute atomic E-state index is 0.310. The monoisotopic (exact) mass is 339 g/mol. The van der Waals surface area contributed by atoms with Crippen LogP contribution in [0.5, 0.6) is 0 Å². The van der Waals surface area contributed by atoms with Gasteiger partial charge in [-0.1, -0.05) is 30.3 Å². The minimum atomic E-state index is 0.310. The van der Waals surface area contributed by atoms with E-state index in [9.17, 15) is 0 Å². The first-order valence-corrected chi connectivity index (χ1v) is 9.58. The number of benzene rings is 1. The van der Waals surface area contributed by atoms with Crippen molar-refractivity contribution in [2.24, 2.45) is 12.5 Å². The molecular formula is C21H29N3O. The van der Waals surface area contributed by atoms with Crippen molar-refractivity contribution in [3.05, 3.63) is 54.1 Å². The maximum Gasteiger partial charge on any atom is 0.0945 e. The van der Waals surface area contributed by atoms with Crippen LogP contribution in [-0.2, 0) is 24.8 Å². The highest BCUT2D eigenvalue weighted by Crippen LogP contribution is 2.43. The van der Waals surface area contributed by atoms with Crippen LogP contribution in [0.1, 0.15) is 36.9 Å². The first-order chi connectivity index (χ1) is 12.3. The van der Waals surface area contributed by atoms with Gasteiger partial charge in [-0.25, -0.2) is 4.98 Å². The van der Waals surface area contributed by atoms with Crippen LogP contribution in [0.15, 0.2) is 42.9 Å². The molecule has 0 saturated carbocycles. The molecule has 0 aliphatic carbocycles. The van der Waals surface area contributed by atoms with Crippen molar-refractivity contribution in [1.29, 1.82) is 0 Å². The van der Waals surface area contributed by atoms with Gasteiger partial charge in [0.2, 0.25) is 0 Å². The van der Waals surface area contributed by atoms with Crippen LogP contribution in [0.3, 0.4) is 0 Å². The van der Waals surface area contributed by atoms with E-state index >= 15 is 0 Å². The Morgan fingerprint density at radius 3 is 2.88 bits per heavy atom. The van der Waals surface area contributed by atoms with E-state index < -0.39 is 0 Å². The molecule has 2 atom stereocenters. The summed E-state index contributed by atoms with van der Waals surface area (Å²) in [4.78, 5) is 6.87. The highest BCUT2D eigenvalue weighted by atomic mass is 16.5. The summed E-state index contributed by atoms with van der Waals surface area (Å²) in [6, 6.07) is 10.9. The topological polar surface area (TPSA) is 30.3 Å². The van der Waals surface area contributed by atoms with Crippen molar-refractivity contribution in [2.45, 2.75) is 44.8 Å². The number of likely N-dealkylation sites (tertiary alicyclic amines) is 1. The SMILES string of the molecule is Cn1cncc1CN1CCC(CCc2ccccc2)(C2CCCO2)C1. The fourth-order valence-corrected chi connectivity index (χ4v) is 4.61. The van der Waals surface area contributed by atoms with Gasteiger partial charge in [-0.3, -0.25) is 4.90 Å². The normalized spacial score (nSPS) is 27.2. The number of aryl methyl sites for hydroxylation is 2. The molecule has 4 nitrogen and oxygen atoms in total. The Bertz CT molecular complexity index is 677. The molecule has 25 heavy (non-hydrogen) atoms. The number of aromatic nitrogens is 2. The van der Waals surface area contributed by atoms with E-state index in [1.54, 1.807) is 0 Å². The summed E-state index contributed by atoms with van der Waals surface area (Å²) in [6.45, 7) is 4.26. The summed E-state index contributed by atoms with van der Waals surface area (Å²) in [5.74, 6) is 0. The van der Waals surface area contributed by atoms with E-state index in [4.69, 9.17) is 4.74 Å². The second kappa shape index (κ2) is 7.30. The van der Waals surface area contributed by atoms with Crippen molar-refractivity contribution in [1.82, 2.24) is 14.5 Å². The number of hydrogen-bond acceptors (Lipinski definition) is 3. The van der Waals surface area contributed by atoms with Gasteiger partial charge in [0.15, 0.2) is 0 Å². The predicted molar refractivity (Wildman–Crippen MR) is 99.3 cm³/mol. The van der Waals surface area contributed by atoms with Crippen LogP contribution in [0.4, 0.5) is 0 Å². The van der Waals surface area contributed by atoms with Crippen molar-refractivity contribution in [3.63, 3.8) is 0 Å². The van der Waals surface area contributed by atoms with Crippen LogP contribution in [0.25, 0.3) is 0 Å². The molecule has 1 aromatic carbocycles. The molecule has 2 aromatic rings. The molecule has 2 saturated heterocycles. The van der Waals surface area contributed by atoms with Gasteiger partial charge in [0.05, 0.1) is 18.1 Å². The van der Waals surface area contributed by atoms with Gasteiger partial charge in [-0.2, -0.15) is 0 Å². The van der Waals surface area contributed by atoms with Crippen LogP contribution in [-0.4, -0.2) is 40.3 Å². The molecule has 134 valence electrons. The lowest BCUT2D eigenvalue weighted by Crippen LogP contribution is -2.38. The highest BCUT2D eigenvalue weighted by molar-refractivity contribution is 5.15. The zero-order valence-corrected chi connectivity index (χ0v) is 15.2. The molecule has 3 heterocycles. The van der Waals surface area contributed by atoms with Gasteiger partial charge in [0, 0.05) is 38.4 Å². The fourth-order valence-electron chi connectivity index (χ4n) is 4.61. The predicted octanol–water partition coefficient (Wildman–Crippen LogP) is 3.42. The largest absolute Gasteiger partial charge is 0.378 e. The second-order valence-corrected chi connectivity index (χ2v) is 7.81. The summed E-state index contributed by atoms with van der Waals surface area (Å²) >= 11 is 0. The smallest absolute Gasteiger partial charge is 0.0945 e. The molecule has 2 fully saturated rings. The lowest BCUT2D eigenvalue weighted by atomic mass is 9.75. The summed E-state index contributed by atoms with van der Waals surface area (Å²) in [6.07, 6.45) is 10.4. The third kappa shape index (κ3) is 3.65. The van der Waals surface area contributed by atoms with Gasteiger partial charge in [0.25, 0.3) is 0 Å². The number of imidazole rings is 1. The van der Waals surface area contributed by atoms with Crippen LogP contribution < -0.4 is 0 Å². The van der Waals surface area contributed by atoms with E-state index in [2.05, 4.69) is 51.8 Å². The number of ether oxygens (including phenoxy) is 1.